The second-order valence-electron chi connectivity index (χ2n) is 6.88. The zero-order chi connectivity index (χ0) is 21.9. The van der Waals surface area contributed by atoms with Gasteiger partial charge in [-0.25, -0.2) is 0 Å². The number of aromatic nitrogens is 4. The van der Waals surface area contributed by atoms with E-state index in [1.165, 1.54) is 0 Å². The van der Waals surface area contributed by atoms with Gasteiger partial charge in [0.25, 0.3) is 10.1 Å². The number of nitrogens with zero attached hydrogens (tertiary/aromatic N) is 6. The van der Waals surface area contributed by atoms with Crippen LogP contribution in [0.4, 0.5) is 0 Å². The molecule has 2 aromatic heterocycles. The number of benzene rings is 1. The van der Waals surface area contributed by atoms with Crippen LogP contribution >= 0.6 is 15.9 Å². The molecule has 9 nitrogen and oxygen atoms in total. The highest BCUT2D eigenvalue weighted by Gasteiger charge is 2.23. The number of pyridine rings is 1. The van der Waals surface area contributed by atoms with Crippen LogP contribution in [0.3, 0.4) is 0 Å². The van der Waals surface area contributed by atoms with Gasteiger partial charge >= 0.3 is 0 Å². The monoisotopic (exact) mass is 492 g/mol. The van der Waals surface area contributed by atoms with Crippen molar-refractivity contribution in [2.45, 2.75) is 13.1 Å². The summed E-state index contributed by atoms with van der Waals surface area (Å²) < 4.78 is 29.0. The summed E-state index contributed by atoms with van der Waals surface area (Å²) in [5.74, 6) is 1.74. The van der Waals surface area contributed by atoms with E-state index in [1.807, 2.05) is 38.4 Å². The van der Waals surface area contributed by atoms with Gasteiger partial charge in [0.2, 0.25) is 0 Å². The van der Waals surface area contributed by atoms with E-state index >= 15 is 0 Å². The minimum atomic E-state index is -3.67. The Bertz CT molecular complexity index is 1170. The molecule has 0 fully saturated rings. The number of halogens is 1. The van der Waals surface area contributed by atoms with Crippen LogP contribution < -0.4 is 0 Å². The summed E-state index contributed by atoms with van der Waals surface area (Å²) in [7, 11) is 0.382. The van der Waals surface area contributed by atoms with Crippen molar-refractivity contribution >= 4 is 31.8 Å². The van der Waals surface area contributed by atoms with E-state index in [4.69, 9.17) is 9.55 Å². The first-order valence-corrected chi connectivity index (χ1v) is 11.5. The van der Waals surface area contributed by atoms with Gasteiger partial charge in [0.15, 0.2) is 11.6 Å². The molecule has 0 unspecified atom stereocenters. The summed E-state index contributed by atoms with van der Waals surface area (Å²) in [5, 5.41) is 8.74. The van der Waals surface area contributed by atoms with Crippen molar-refractivity contribution in [3.05, 3.63) is 70.0 Å². The fourth-order valence-electron chi connectivity index (χ4n) is 2.97. The van der Waals surface area contributed by atoms with Crippen molar-refractivity contribution in [1.82, 2.24) is 24.6 Å². The molecule has 0 bridgehead atoms. The fraction of sp³-hybridized carbons (Fsp3) is 0.263. The van der Waals surface area contributed by atoms with E-state index in [0.717, 1.165) is 38.8 Å². The van der Waals surface area contributed by atoms with Crippen LogP contribution in [0.5, 0.6) is 0 Å². The third-order valence-electron chi connectivity index (χ3n) is 4.00. The lowest BCUT2D eigenvalue weighted by Crippen LogP contribution is -2.16. The molecule has 1 aliphatic heterocycles. The molecule has 1 aliphatic rings. The van der Waals surface area contributed by atoms with Gasteiger partial charge in [-0.1, -0.05) is 22.0 Å². The highest BCUT2D eigenvalue weighted by molar-refractivity contribution is 9.10. The molecular formula is C19H21BrN6O3S. The molecule has 0 saturated heterocycles. The summed E-state index contributed by atoms with van der Waals surface area (Å²) in [4.78, 5) is 11.4. The molecule has 0 atom stereocenters. The van der Waals surface area contributed by atoms with Crippen LogP contribution in [0.25, 0.3) is 5.69 Å². The molecule has 0 aliphatic carbocycles. The van der Waals surface area contributed by atoms with E-state index in [-0.39, 0.29) is 0 Å². The topological polar surface area (TPSA) is 114 Å². The minimum Gasteiger partial charge on any atom is -0.302 e. The summed E-state index contributed by atoms with van der Waals surface area (Å²) >= 11 is 3.58. The van der Waals surface area contributed by atoms with Crippen molar-refractivity contribution in [3.63, 3.8) is 0 Å². The molecule has 3 aromatic rings. The lowest BCUT2D eigenvalue weighted by Gasteiger charge is -2.15. The van der Waals surface area contributed by atoms with Crippen molar-refractivity contribution in [1.29, 1.82) is 0 Å². The van der Waals surface area contributed by atoms with Gasteiger partial charge in [0.05, 0.1) is 29.9 Å². The molecule has 3 heterocycles. The van der Waals surface area contributed by atoms with Gasteiger partial charge in [-0.15, -0.1) is 10.2 Å². The van der Waals surface area contributed by atoms with Gasteiger partial charge < -0.3 is 4.90 Å². The highest BCUT2D eigenvalue weighted by atomic mass is 79.9. The van der Waals surface area contributed by atoms with E-state index in [9.17, 15) is 8.42 Å². The minimum absolute atomic E-state index is 0.471. The summed E-state index contributed by atoms with van der Waals surface area (Å²) in [5.41, 5.74) is 3.78. The van der Waals surface area contributed by atoms with E-state index in [2.05, 4.69) is 52.7 Å². The fourth-order valence-corrected chi connectivity index (χ4v) is 3.33. The van der Waals surface area contributed by atoms with Crippen LogP contribution in [-0.4, -0.2) is 63.7 Å². The van der Waals surface area contributed by atoms with Gasteiger partial charge in [-0.2, -0.15) is 8.42 Å². The summed E-state index contributed by atoms with van der Waals surface area (Å²) in [6, 6.07) is 12.1. The summed E-state index contributed by atoms with van der Waals surface area (Å²) in [6.45, 7) is 1.18. The number of rotatable bonds is 3. The Labute approximate surface area is 183 Å². The molecule has 1 aromatic carbocycles. The standard InChI is InChI=1S/C18H17BrN6.CH4O3S/c1-24(2)11-17-23-22-16-10-21-18(14-5-3-4-8-20-14)13-9-12(19)6-7-15(13)25(16)17;1-5(2,3)4/h3-9H,10-11H2,1-2H3;1H3,(H,2,3,4). The predicted molar refractivity (Wildman–Crippen MR) is 118 cm³/mol. The van der Waals surface area contributed by atoms with Gasteiger partial charge in [-0.3, -0.25) is 19.1 Å². The molecule has 1 N–H and O–H groups in total. The second kappa shape index (κ2) is 9.13. The normalized spacial score (nSPS) is 12.9. The number of hydrogen-bond acceptors (Lipinski definition) is 7. The zero-order valence-corrected chi connectivity index (χ0v) is 19.1. The van der Waals surface area contributed by atoms with Gasteiger partial charge in [-0.05, 0) is 44.4 Å². The van der Waals surface area contributed by atoms with Crippen LogP contribution in [0.2, 0.25) is 0 Å². The van der Waals surface area contributed by atoms with Crippen LogP contribution in [-0.2, 0) is 23.2 Å². The molecule has 158 valence electrons. The molecule has 30 heavy (non-hydrogen) atoms. The predicted octanol–water partition coefficient (Wildman–Crippen LogP) is 2.34. The Morgan fingerprint density at radius 1 is 1.20 bits per heavy atom. The van der Waals surface area contributed by atoms with E-state index in [1.54, 1.807) is 6.20 Å². The largest absolute Gasteiger partial charge is 0.302 e. The first-order valence-electron chi connectivity index (χ1n) is 8.90. The number of fused-ring (bicyclic) bond motifs is 3. The molecule has 0 saturated carbocycles. The molecule has 0 spiro atoms. The van der Waals surface area contributed by atoms with E-state index in [0.29, 0.717) is 19.3 Å². The van der Waals surface area contributed by atoms with Crippen molar-refractivity contribution in [2.24, 2.45) is 4.99 Å². The Morgan fingerprint density at radius 3 is 2.57 bits per heavy atom. The Balaban J connectivity index is 0.000000461. The Hall–Kier alpha value is -2.47. The molecule has 4 rings (SSSR count). The third-order valence-corrected chi connectivity index (χ3v) is 4.49. The van der Waals surface area contributed by atoms with Crippen LogP contribution in [0, 0.1) is 0 Å². The summed E-state index contributed by atoms with van der Waals surface area (Å²) in [6.07, 6.45) is 2.50. The van der Waals surface area contributed by atoms with Crippen LogP contribution in [0.1, 0.15) is 22.9 Å². The smallest absolute Gasteiger partial charge is 0.261 e. The maximum atomic E-state index is 9.19. The van der Waals surface area contributed by atoms with Gasteiger partial charge in [0.1, 0.15) is 6.54 Å². The van der Waals surface area contributed by atoms with Crippen molar-refractivity contribution < 1.29 is 13.0 Å². The lowest BCUT2D eigenvalue weighted by molar-refractivity contribution is 0.387. The molecule has 11 heteroatoms. The third kappa shape index (κ3) is 5.57. The highest BCUT2D eigenvalue weighted by Crippen LogP contribution is 2.28. The van der Waals surface area contributed by atoms with Crippen molar-refractivity contribution in [3.8, 4) is 5.69 Å². The number of hydrogen-bond donors (Lipinski definition) is 1. The quantitative estimate of drug-likeness (QED) is 0.558. The maximum Gasteiger partial charge on any atom is 0.261 e. The maximum absolute atomic E-state index is 9.19. The average Bonchev–Trinajstić information content (AvgIpc) is 2.95. The Kier molecular flexibility index (Phi) is 6.76. The SMILES string of the molecule is CN(C)Cc1nnc2n1-c1ccc(Br)cc1C(c1ccccn1)=NC2.CS(=O)(=O)O. The second-order valence-corrected chi connectivity index (χ2v) is 9.26. The van der Waals surface area contributed by atoms with Crippen LogP contribution in [0.15, 0.2) is 52.1 Å². The first-order chi connectivity index (χ1) is 14.1. The van der Waals surface area contributed by atoms with Crippen molar-refractivity contribution in [2.75, 3.05) is 20.4 Å². The lowest BCUT2D eigenvalue weighted by atomic mass is 10.0. The molecular weight excluding hydrogens is 472 g/mol. The van der Waals surface area contributed by atoms with E-state index < -0.39 is 10.1 Å². The van der Waals surface area contributed by atoms with Gasteiger partial charge in [0, 0.05) is 16.2 Å². The first kappa shape index (κ1) is 22.2. The number of aliphatic imine (C=N–C) groups is 1. The molecule has 0 radical (unpaired) electrons. The molecule has 0 amide bonds. The zero-order valence-electron chi connectivity index (χ0n) is 16.7. The average molecular weight is 493 g/mol. The Morgan fingerprint density at radius 2 is 1.93 bits per heavy atom.